The normalized spacial score (nSPS) is 16.5. The van der Waals surface area contributed by atoms with Crippen molar-refractivity contribution in [1.29, 1.82) is 5.26 Å². The monoisotopic (exact) mass is 362 g/mol. The number of halogens is 2. The number of rotatable bonds is 2. The van der Waals surface area contributed by atoms with Gasteiger partial charge in [0.1, 0.15) is 11.8 Å². The summed E-state index contributed by atoms with van der Waals surface area (Å²) in [4.78, 5) is 0. The second-order valence-corrected chi connectivity index (χ2v) is 6.15. The first kappa shape index (κ1) is 14.2. The maximum atomic E-state index is 8.91. The Morgan fingerprint density at radius 2 is 2.14 bits per heavy atom. The van der Waals surface area contributed by atoms with Crippen molar-refractivity contribution in [3.8, 4) is 11.8 Å². The van der Waals surface area contributed by atoms with Crippen molar-refractivity contribution in [2.45, 2.75) is 12.5 Å². The van der Waals surface area contributed by atoms with Gasteiger partial charge < -0.3 is 10.1 Å². The largest absolute Gasteiger partial charge is 0.493 e. The topological polar surface area (TPSA) is 45.0 Å². The molecular weight excluding hydrogens is 352 g/mol. The van der Waals surface area contributed by atoms with Crippen LogP contribution in [0.25, 0.3) is 0 Å². The molecule has 1 N–H and O–H groups in total. The van der Waals surface area contributed by atoms with Gasteiger partial charge in [-0.15, -0.1) is 0 Å². The molecule has 0 amide bonds. The Hall–Kier alpha value is -1.70. The Balaban J connectivity index is 1.88. The van der Waals surface area contributed by atoms with E-state index in [-0.39, 0.29) is 6.04 Å². The van der Waals surface area contributed by atoms with Gasteiger partial charge in [0.15, 0.2) is 0 Å². The Labute approximate surface area is 136 Å². The van der Waals surface area contributed by atoms with Gasteiger partial charge in [-0.3, -0.25) is 0 Å². The summed E-state index contributed by atoms with van der Waals surface area (Å²) < 4.78 is 6.70. The second-order valence-electron chi connectivity index (χ2n) is 4.82. The van der Waals surface area contributed by atoms with Crippen LogP contribution in [0.3, 0.4) is 0 Å². The van der Waals surface area contributed by atoms with Crippen molar-refractivity contribution >= 4 is 33.2 Å². The molecule has 1 unspecified atom stereocenters. The van der Waals surface area contributed by atoms with E-state index in [1.807, 2.05) is 18.2 Å². The molecule has 106 valence electrons. The van der Waals surface area contributed by atoms with Gasteiger partial charge in [0.2, 0.25) is 0 Å². The molecule has 0 radical (unpaired) electrons. The smallest absolute Gasteiger partial charge is 0.124 e. The minimum Gasteiger partial charge on any atom is -0.493 e. The Morgan fingerprint density at radius 3 is 2.90 bits per heavy atom. The Kier molecular flexibility index (Phi) is 4.05. The molecule has 21 heavy (non-hydrogen) atoms. The van der Waals surface area contributed by atoms with E-state index in [0.29, 0.717) is 17.2 Å². The highest BCUT2D eigenvalue weighted by atomic mass is 79.9. The third-order valence-corrected chi connectivity index (χ3v) is 4.25. The highest BCUT2D eigenvalue weighted by molar-refractivity contribution is 9.10. The summed E-state index contributed by atoms with van der Waals surface area (Å²) in [7, 11) is 0. The van der Waals surface area contributed by atoms with Crippen molar-refractivity contribution in [3.63, 3.8) is 0 Å². The summed E-state index contributed by atoms with van der Waals surface area (Å²) in [6.45, 7) is 0.677. The molecule has 0 aromatic heterocycles. The van der Waals surface area contributed by atoms with Crippen LogP contribution < -0.4 is 10.1 Å². The van der Waals surface area contributed by atoms with E-state index in [1.54, 1.807) is 12.1 Å². The first-order chi connectivity index (χ1) is 10.2. The van der Waals surface area contributed by atoms with Gasteiger partial charge in [0.05, 0.1) is 23.2 Å². The predicted molar refractivity (Wildman–Crippen MR) is 86.8 cm³/mol. The zero-order valence-corrected chi connectivity index (χ0v) is 13.4. The number of nitrogens with one attached hydrogen (secondary N) is 1. The van der Waals surface area contributed by atoms with Crippen molar-refractivity contribution in [2.75, 3.05) is 11.9 Å². The molecule has 5 heteroatoms. The van der Waals surface area contributed by atoms with Gasteiger partial charge in [-0.25, -0.2) is 0 Å². The molecule has 3 rings (SSSR count). The number of hydrogen-bond acceptors (Lipinski definition) is 3. The first-order valence-electron chi connectivity index (χ1n) is 6.56. The van der Waals surface area contributed by atoms with Gasteiger partial charge in [-0.2, -0.15) is 5.26 Å². The number of nitriles is 1. The van der Waals surface area contributed by atoms with Crippen LogP contribution >= 0.6 is 27.5 Å². The molecule has 1 heterocycles. The molecule has 0 bridgehead atoms. The highest BCUT2D eigenvalue weighted by Crippen LogP contribution is 2.36. The van der Waals surface area contributed by atoms with E-state index in [9.17, 15) is 0 Å². The number of ether oxygens (including phenoxy) is 1. The second kappa shape index (κ2) is 5.97. The lowest BCUT2D eigenvalue weighted by atomic mass is 10.00. The molecule has 1 atom stereocenters. The van der Waals surface area contributed by atoms with Crippen LogP contribution in [0.1, 0.15) is 23.6 Å². The molecule has 0 aliphatic carbocycles. The molecule has 0 fully saturated rings. The first-order valence-corrected chi connectivity index (χ1v) is 7.73. The van der Waals surface area contributed by atoms with Crippen LogP contribution in [0.15, 0.2) is 40.9 Å². The summed E-state index contributed by atoms with van der Waals surface area (Å²) in [6.07, 6.45) is 0.876. The molecule has 0 spiro atoms. The van der Waals surface area contributed by atoms with Crippen LogP contribution in [-0.4, -0.2) is 6.61 Å². The summed E-state index contributed by atoms with van der Waals surface area (Å²) in [5.41, 5.74) is 2.50. The number of benzene rings is 2. The lowest BCUT2D eigenvalue weighted by Gasteiger charge is -2.27. The van der Waals surface area contributed by atoms with Gasteiger partial charge in [0, 0.05) is 22.1 Å². The van der Waals surface area contributed by atoms with E-state index in [0.717, 1.165) is 27.9 Å². The molecule has 0 saturated carbocycles. The van der Waals surface area contributed by atoms with Crippen molar-refractivity contribution < 1.29 is 4.74 Å². The summed E-state index contributed by atoms with van der Waals surface area (Å²) >= 11 is 9.57. The van der Waals surface area contributed by atoms with Gasteiger partial charge in [0.25, 0.3) is 0 Å². The van der Waals surface area contributed by atoms with Crippen LogP contribution in [0.4, 0.5) is 5.69 Å². The predicted octanol–water partition coefficient (Wildman–Crippen LogP) is 4.91. The summed E-state index contributed by atoms with van der Waals surface area (Å²) in [5, 5.41) is 12.8. The zero-order chi connectivity index (χ0) is 14.8. The maximum Gasteiger partial charge on any atom is 0.124 e. The standard InChI is InChI=1S/C16H12BrClN2O/c17-11-2-4-16-13(7-11)15(5-6-21-16)20-12-3-1-10(9-19)14(18)8-12/h1-4,7-8,15,20H,5-6H2. The molecule has 3 nitrogen and oxygen atoms in total. The van der Waals surface area contributed by atoms with E-state index >= 15 is 0 Å². The van der Waals surface area contributed by atoms with Crippen molar-refractivity contribution in [3.05, 3.63) is 57.0 Å². The Morgan fingerprint density at radius 1 is 1.29 bits per heavy atom. The van der Waals surface area contributed by atoms with Gasteiger partial charge >= 0.3 is 0 Å². The number of nitrogens with zero attached hydrogens (tertiary/aromatic N) is 1. The van der Waals surface area contributed by atoms with Gasteiger partial charge in [-0.05, 0) is 36.4 Å². The van der Waals surface area contributed by atoms with E-state index in [2.05, 4.69) is 33.4 Å². The SMILES string of the molecule is N#Cc1ccc(NC2CCOc3ccc(Br)cc32)cc1Cl. The average Bonchev–Trinajstić information content (AvgIpc) is 2.48. The molecule has 1 aliphatic heterocycles. The summed E-state index contributed by atoms with van der Waals surface area (Å²) in [5.74, 6) is 0.904. The van der Waals surface area contributed by atoms with Crippen molar-refractivity contribution in [2.24, 2.45) is 0 Å². The average molecular weight is 364 g/mol. The quantitative estimate of drug-likeness (QED) is 0.824. The lowest BCUT2D eigenvalue weighted by molar-refractivity contribution is 0.274. The number of hydrogen-bond donors (Lipinski definition) is 1. The number of fused-ring (bicyclic) bond motifs is 1. The van der Waals surface area contributed by atoms with E-state index in [4.69, 9.17) is 21.6 Å². The van der Waals surface area contributed by atoms with Crippen molar-refractivity contribution in [1.82, 2.24) is 0 Å². The fourth-order valence-corrected chi connectivity index (χ4v) is 3.01. The number of anilines is 1. The fourth-order valence-electron chi connectivity index (χ4n) is 2.41. The van der Waals surface area contributed by atoms with Crippen LogP contribution in [0.2, 0.25) is 5.02 Å². The van der Waals surface area contributed by atoms with Gasteiger partial charge in [-0.1, -0.05) is 27.5 Å². The van der Waals surface area contributed by atoms with E-state index in [1.165, 1.54) is 0 Å². The molecule has 2 aromatic carbocycles. The maximum absolute atomic E-state index is 8.91. The zero-order valence-electron chi connectivity index (χ0n) is 11.1. The van der Waals surface area contributed by atoms with Crippen LogP contribution in [0.5, 0.6) is 5.75 Å². The minimum atomic E-state index is 0.162. The third kappa shape index (κ3) is 2.99. The van der Waals surface area contributed by atoms with E-state index < -0.39 is 0 Å². The minimum absolute atomic E-state index is 0.162. The lowest BCUT2D eigenvalue weighted by Crippen LogP contribution is -2.20. The fraction of sp³-hybridized carbons (Fsp3) is 0.188. The Bertz CT molecular complexity index is 727. The van der Waals surface area contributed by atoms with Crippen LogP contribution in [-0.2, 0) is 0 Å². The molecular formula is C16H12BrClN2O. The van der Waals surface area contributed by atoms with Crippen LogP contribution in [0, 0.1) is 11.3 Å². The molecule has 2 aromatic rings. The third-order valence-electron chi connectivity index (χ3n) is 3.44. The molecule has 0 saturated heterocycles. The highest BCUT2D eigenvalue weighted by Gasteiger charge is 2.21. The summed E-state index contributed by atoms with van der Waals surface area (Å²) in [6, 6.07) is 13.6. The molecule has 1 aliphatic rings.